The summed E-state index contributed by atoms with van der Waals surface area (Å²) in [6.07, 6.45) is 1.63. The Bertz CT molecular complexity index is 810. The Labute approximate surface area is 141 Å². The maximum Gasteiger partial charge on any atom is 0.168 e. The number of aromatic amines is 1. The fourth-order valence-corrected chi connectivity index (χ4v) is 3.23. The highest BCUT2D eigenvalue weighted by molar-refractivity contribution is 6.22. The Morgan fingerprint density at radius 2 is 2.08 bits per heavy atom. The molecule has 2 N–H and O–H groups in total. The second-order valence-corrected chi connectivity index (χ2v) is 7.18. The zero-order chi connectivity index (χ0) is 17.3. The molecule has 0 saturated carbocycles. The summed E-state index contributed by atoms with van der Waals surface area (Å²) in [6, 6.07) is 7.89. The van der Waals surface area contributed by atoms with E-state index in [0.29, 0.717) is 37.1 Å². The van der Waals surface area contributed by atoms with Gasteiger partial charge in [0.2, 0.25) is 0 Å². The molecule has 0 bridgehead atoms. The fourth-order valence-electron chi connectivity index (χ4n) is 3.23. The third-order valence-corrected chi connectivity index (χ3v) is 4.35. The molecule has 1 aromatic carbocycles. The molecule has 1 aliphatic rings. The van der Waals surface area contributed by atoms with Crippen LogP contribution in [0.4, 0.5) is 0 Å². The molecular formula is C19H23N3O2. The van der Waals surface area contributed by atoms with Gasteiger partial charge in [-0.15, -0.1) is 0 Å². The Hall–Kier alpha value is -2.43. The maximum absolute atomic E-state index is 12.3. The molecule has 0 atom stereocenters. The molecule has 5 heteroatoms. The monoisotopic (exact) mass is 325 g/mol. The van der Waals surface area contributed by atoms with Crippen LogP contribution in [0.1, 0.15) is 39.4 Å². The number of H-pyrrole nitrogens is 1. The van der Waals surface area contributed by atoms with E-state index in [0.717, 1.165) is 16.9 Å². The number of carbonyl (C=O) groups is 1. The predicted molar refractivity (Wildman–Crippen MR) is 95.5 cm³/mol. The number of imidazole rings is 1. The molecule has 1 aliphatic carbocycles. The third kappa shape index (κ3) is 3.40. The van der Waals surface area contributed by atoms with Gasteiger partial charge in [0, 0.05) is 31.5 Å². The lowest BCUT2D eigenvalue weighted by Gasteiger charge is -2.29. The lowest BCUT2D eigenvalue weighted by Crippen LogP contribution is -2.28. The van der Waals surface area contributed by atoms with Crippen LogP contribution in [0, 0.1) is 5.41 Å². The van der Waals surface area contributed by atoms with Gasteiger partial charge < -0.3 is 10.1 Å². The minimum Gasteiger partial charge on any atom is -0.511 e. The fraction of sp³-hybridized carbons (Fsp3) is 0.421. The Morgan fingerprint density at radius 3 is 2.79 bits per heavy atom. The Balaban J connectivity index is 1.71. The van der Waals surface area contributed by atoms with E-state index in [-0.39, 0.29) is 17.0 Å². The first-order valence-electron chi connectivity index (χ1n) is 8.26. The molecule has 0 fully saturated rings. The molecule has 5 nitrogen and oxygen atoms in total. The van der Waals surface area contributed by atoms with E-state index in [1.54, 1.807) is 6.92 Å². The van der Waals surface area contributed by atoms with E-state index >= 15 is 0 Å². The minimum atomic E-state index is -0.181. The summed E-state index contributed by atoms with van der Waals surface area (Å²) >= 11 is 0. The number of carbonyl (C=O) groups excluding carboxylic acids is 1. The number of nitrogens with one attached hydrogen (secondary N) is 1. The first-order chi connectivity index (χ1) is 11.4. The van der Waals surface area contributed by atoms with Crippen LogP contribution in [0.2, 0.25) is 0 Å². The zero-order valence-corrected chi connectivity index (χ0v) is 14.4. The minimum absolute atomic E-state index is 0.0197. The second-order valence-electron chi connectivity index (χ2n) is 7.18. The van der Waals surface area contributed by atoms with Gasteiger partial charge >= 0.3 is 0 Å². The first kappa shape index (κ1) is 16.4. The highest BCUT2D eigenvalue weighted by Gasteiger charge is 2.33. The van der Waals surface area contributed by atoms with E-state index < -0.39 is 0 Å². The molecular weight excluding hydrogens is 302 g/mol. The molecule has 0 aliphatic heterocycles. The quantitative estimate of drug-likeness (QED) is 0.840. The van der Waals surface area contributed by atoms with Gasteiger partial charge in [-0.2, -0.15) is 0 Å². The molecule has 24 heavy (non-hydrogen) atoms. The summed E-state index contributed by atoms with van der Waals surface area (Å²) in [4.78, 5) is 24.6. The molecule has 126 valence electrons. The summed E-state index contributed by atoms with van der Waals surface area (Å²) in [5.74, 6) is 1.03. The highest BCUT2D eigenvalue weighted by Crippen LogP contribution is 2.36. The van der Waals surface area contributed by atoms with E-state index in [4.69, 9.17) is 0 Å². The first-order valence-corrected chi connectivity index (χ1v) is 8.26. The summed E-state index contributed by atoms with van der Waals surface area (Å²) in [5, 5.41) is 10.2. The standard InChI is InChI=1S/C19H23N3O2/c1-12(18-15(23)10-19(2,3)11-16(18)24)20-9-8-17-21-13-6-4-5-7-14(13)22-17/h4-7,23H,8-11H2,1-3H3,(H,21,22). The van der Waals surface area contributed by atoms with Gasteiger partial charge in [0.05, 0.1) is 16.6 Å². The number of nitrogens with zero attached hydrogens (tertiary/aromatic N) is 2. The van der Waals surface area contributed by atoms with Gasteiger partial charge in [-0.05, 0) is 24.5 Å². The van der Waals surface area contributed by atoms with E-state index in [1.807, 2.05) is 38.1 Å². The van der Waals surface area contributed by atoms with Crippen LogP contribution in [0.15, 0.2) is 40.6 Å². The van der Waals surface area contributed by atoms with Crippen LogP contribution < -0.4 is 0 Å². The van der Waals surface area contributed by atoms with Gasteiger partial charge in [-0.1, -0.05) is 26.0 Å². The molecule has 0 amide bonds. The molecule has 2 aromatic rings. The second kappa shape index (κ2) is 6.23. The van der Waals surface area contributed by atoms with Gasteiger partial charge in [-0.3, -0.25) is 9.79 Å². The number of aromatic nitrogens is 2. The molecule has 0 saturated heterocycles. The van der Waals surface area contributed by atoms with Crippen molar-refractivity contribution in [3.63, 3.8) is 0 Å². The van der Waals surface area contributed by atoms with Crippen molar-refractivity contribution in [3.05, 3.63) is 41.4 Å². The van der Waals surface area contributed by atoms with Crippen LogP contribution in [-0.4, -0.2) is 33.1 Å². The van der Waals surface area contributed by atoms with Crippen molar-refractivity contribution in [2.24, 2.45) is 10.4 Å². The van der Waals surface area contributed by atoms with E-state index in [2.05, 4.69) is 15.0 Å². The van der Waals surface area contributed by atoms with Crippen molar-refractivity contribution < 1.29 is 9.90 Å². The lowest BCUT2D eigenvalue weighted by molar-refractivity contribution is -0.117. The number of allylic oxidation sites excluding steroid dienone is 2. The summed E-state index contributed by atoms with van der Waals surface area (Å²) in [7, 11) is 0. The number of benzene rings is 1. The van der Waals surface area contributed by atoms with Crippen molar-refractivity contribution in [1.82, 2.24) is 9.97 Å². The summed E-state index contributed by atoms with van der Waals surface area (Å²) < 4.78 is 0. The Morgan fingerprint density at radius 1 is 1.33 bits per heavy atom. The smallest absolute Gasteiger partial charge is 0.168 e. The average molecular weight is 325 g/mol. The summed E-state index contributed by atoms with van der Waals surface area (Å²) in [5.41, 5.74) is 2.79. The van der Waals surface area contributed by atoms with Gasteiger partial charge in [0.25, 0.3) is 0 Å². The molecule has 0 spiro atoms. The van der Waals surface area contributed by atoms with Crippen molar-refractivity contribution in [2.75, 3.05) is 6.54 Å². The zero-order valence-electron chi connectivity index (χ0n) is 14.4. The number of para-hydroxylation sites is 2. The number of aliphatic hydroxyl groups excluding tert-OH is 1. The molecule has 1 heterocycles. The Kier molecular flexibility index (Phi) is 4.26. The third-order valence-electron chi connectivity index (χ3n) is 4.35. The average Bonchev–Trinajstić information content (AvgIpc) is 2.87. The molecule has 0 radical (unpaired) electrons. The normalized spacial score (nSPS) is 18.5. The number of aliphatic hydroxyl groups is 1. The van der Waals surface area contributed by atoms with Crippen molar-refractivity contribution in [2.45, 2.75) is 40.0 Å². The number of aliphatic imine (C=N–C) groups is 1. The number of fused-ring (bicyclic) bond motifs is 1. The van der Waals surface area contributed by atoms with Crippen molar-refractivity contribution >= 4 is 22.5 Å². The topological polar surface area (TPSA) is 78.3 Å². The predicted octanol–water partition coefficient (Wildman–Crippen LogP) is 3.77. The van der Waals surface area contributed by atoms with Crippen LogP contribution in [-0.2, 0) is 11.2 Å². The number of rotatable bonds is 4. The van der Waals surface area contributed by atoms with Crippen LogP contribution in [0.3, 0.4) is 0 Å². The van der Waals surface area contributed by atoms with E-state index in [9.17, 15) is 9.90 Å². The van der Waals surface area contributed by atoms with Gasteiger partial charge in [-0.25, -0.2) is 4.98 Å². The maximum atomic E-state index is 12.3. The number of ketones is 1. The van der Waals surface area contributed by atoms with Crippen LogP contribution >= 0.6 is 0 Å². The van der Waals surface area contributed by atoms with Gasteiger partial charge in [0.15, 0.2) is 5.78 Å². The highest BCUT2D eigenvalue weighted by atomic mass is 16.3. The molecule has 3 rings (SSSR count). The number of hydrogen-bond acceptors (Lipinski definition) is 4. The van der Waals surface area contributed by atoms with Crippen molar-refractivity contribution in [1.29, 1.82) is 0 Å². The van der Waals surface area contributed by atoms with Gasteiger partial charge in [0.1, 0.15) is 11.6 Å². The molecule has 1 aromatic heterocycles. The van der Waals surface area contributed by atoms with Crippen molar-refractivity contribution in [3.8, 4) is 0 Å². The SMILES string of the molecule is CC(=NCCc1nc2ccccc2[nH]1)C1=C(O)CC(C)(C)CC1=O. The lowest BCUT2D eigenvalue weighted by atomic mass is 9.76. The van der Waals surface area contributed by atoms with E-state index in [1.165, 1.54) is 0 Å². The summed E-state index contributed by atoms with van der Waals surface area (Å²) in [6.45, 7) is 6.30. The molecule has 0 unspecified atom stereocenters. The number of hydrogen-bond donors (Lipinski definition) is 2. The van der Waals surface area contributed by atoms with Crippen LogP contribution in [0.5, 0.6) is 0 Å². The van der Waals surface area contributed by atoms with Crippen LogP contribution in [0.25, 0.3) is 11.0 Å². The number of Topliss-reactive ketones (excluding diaryl/α,β-unsaturated/α-hetero) is 1. The largest absolute Gasteiger partial charge is 0.511 e.